The Labute approximate surface area is 212 Å². The van der Waals surface area contributed by atoms with Crippen LogP contribution in [0.3, 0.4) is 0 Å². The fourth-order valence-corrected chi connectivity index (χ4v) is 5.12. The summed E-state index contributed by atoms with van der Waals surface area (Å²) in [5, 5.41) is 3.26. The van der Waals surface area contributed by atoms with E-state index in [1.807, 2.05) is 126 Å². The summed E-state index contributed by atoms with van der Waals surface area (Å²) in [7, 11) is 0. The average molecular weight is 478 g/mol. The Bertz CT molecular complexity index is 1290. The summed E-state index contributed by atoms with van der Waals surface area (Å²) in [6, 6.07) is 31.5. The summed E-state index contributed by atoms with van der Waals surface area (Å²) in [5.74, 6) is 0.0296. The minimum atomic E-state index is -0.667. The Hall–Kier alpha value is -4.12. The van der Waals surface area contributed by atoms with Gasteiger partial charge in [-0.1, -0.05) is 60.7 Å². The Kier molecular flexibility index (Phi) is 6.72. The summed E-state index contributed by atoms with van der Waals surface area (Å²) in [5.41, 5.74) is 3.10. The van der Waals surface area contributed by atoms with Crippen LogP contribution in [0.25, 0.3) is 5.69 Å². The van der Waals surface area contributed by atoms with Crippen LogP contribution in [0.15, 0.2) is 109 Å². The van der Waals surface area contributed by atoms with Gasteiger partial charge in [0.15, 0.2) is 0 Å². The van der Waals surface area contributed by atoms with E-state index in [-0.39, 0.29) is 17.9 Å². The zero-order valence-corrected chi connectivity index (χ0v) is 20.5. The van der Waals surface area contributed by atoms with Crippen molar-refractivity contribution in [3.63, 3.8) is 0 Å². The molecule has 0 radical (unpaired) electrons. The number of hydrogen-bond donors (Lipinski definition) is 1. The smallest absolute Gasteiger partial charge is 0.253 e. The highest BCUT2D eigenvalue weighted by Crippen LogP contribution is 2.37. The molecule has 0 spiro atoms. The first kappa shape index (κ1) is 23.6. The van der Waals surface area contributed by atoms with Gasteiger partial charge in [-0.25, -0.2) is 0 Å². The summed E-state index contributed by atoms with van der Waals surface area (Å²) in [4.78, 5) is 29.0. The van der Waals surface area contributed by atoms with Gasteiger partial charge in [-0.2, -0.15) is 0 Å². The lowest BCUT2D eigenvalue weighted by atomic mass is 9.71. The second-order valence-corrected chi connectivity index (χ2v) is 9.48. The molecule has 5 heteroatoms. The van der Waals surface area contributed by atoms with E-state index >= 15 is 0 Å². The van der Waals surface area contributed by atoms with E-state index in [4.69, 9.17) is 0 Å². The fraction of sp³-hybridized carbons (Fsp3) is 0.226. The molecule has 2 amide bonds. The van der Waals surface area contributed by atoms with Gasteiger partial charge in [0.25, 0.3) is 5.91 Å². The number of benzene rings is 3. The first-order valence-electron chi connectivity index (χ1n) is 12.5. The Morgan fingerprint density at radius 2 is 1.36 bits per heavy atom. The molecule has 5 nitrogen and oxygen atoms in total. The van der Waals surface area contributed by atoms with Crippen LogP contribution in [0.2, 0.25) is 0 Å². The number of carbonyl (C=O) groups excluding carboxylic acids is 2. The number of hydrogen-bond acceptors (Lipinski definition) is 2. The molecule has 0 aliphatic carbocycles. The Balaban J connectivity index is 1.32. The topological polar surface area (TPSA) is 54.3 Å². The molecule has 4 aromatic rings. The average Bonchev–Trinajstić information content (AvgIpc) is 3.49. The SMILES string of the molecule is C[C@H](NC(=O)C1(c2ccccc2)CCN(C(=O)c2ccc(-n3cccc3)cc2)CC1)c1ccccc1. The summed E-state index contributed by atoms with van der Waals surface area (Å²) < 4.78 is 2.01. The van der Waals surface area contributed by atoms with E-state index in [9.17, 15) is 9.59 Å². The van der Waals surface area contributed by atoms with Crippen LogP contribution in [-0.4, -0.2) is 34.4 Å². The molecule has 0 unspecified atom stereocenters. The molecule has 1 aromatic heterocycles. The van der Waals surface area contributed by atoms with Crippen molar-refractivity contribution < 1.29 is 9.59 Å². The molecular formula is C31H31N3O2. The van der Waals surface area contributed by atoms with Crippen LogP contribution < -0.4 is 5.32 Å². The molecule has 3 aromatic carbocycles. The first-order chi connectivity index (χ1) is 17.6. The van der Waals surface area contributed by atoms with Crippen molar-refractivity contribution in [2.45, 2.75) is 31.2 Å². The lowest BCUT2D eigenvalue weighted by molar-refractivity contribution is -0.129. The highest BCUT2D eigenvalue weighted by atomic mass is 16.2. The molecule has 1 N–H and O–H groups in total. The van der Waals surface area contributed by atoms with Crippen LogP contribution in [0.4, 0.5) is 0 Å². The highest BCUT2D eigenvalue weighted by Gasteiger charge is 2.44. The number of amides is 2. The molecule has 0 bridgehead atoms. The Morgan fingerprint density at radius 1 is 0.778 bits per heavy atom. The van der Waals surface area contributed by atoms with E-state index < -0.39 is 5.41 Å². The van der Waals surface area contributed by atoms with Gasteiger partial charge in [-0.15, -0.1) is 0 Å². The molecular weight excluding hydrogens is 446 g/mol. The maximum atomic E-state index is 13.8. The van der Waals surface area contributed by atoms with Crippen LogP contribution in [-0.2, 0) is 10.2 Å². The van der Waals surface area contributed by atoms with Crippen molar-refractivity contribution in [1.82, 2.24) is 14.8 Å². The second-order valence-electron chi connectivity index (χ2n) is 9.48. The molecule has 2 heterocycles. The van der Waals surface area contributed by atoms with Gasteiger partial charge in [0.2, 0.25) is 5.91 Å². The van der Waals surface area contributed by atoms with Crippen molar-refractivity contribution in [1.29, 1.82) is 0 Å². The molecule has 5 rings (SSSR count). The van der Waals surface area contributed by atoms with Gasteiger partial charge in [-0.05, 0) is 67.3 Å². The molecule has 1 fully saturated rings. The summed E-state index contributed by atoms with van der Waals surface area (Å²) in [6.45, 7) is 3.07. The van der Waals surface area contributed by atoms with Crippen LogP contribution >= 0.6 is 0 Å². The maximum absolute atomic E-state index is 13.8. The number of rotatable bonds is 6. The largest absolute Gasteiger partial charge is 0.349 e. The van der Waals surface area contributed by atoms with Crippen molar-refractivity contribution >= 4 is 11.8 Å². The minimum Gasteiger partial charge on any atom is -0.349 e. The van der Waals surface area contributed by atoms with Crippen molar-refractivity contribution in [2.75, 3.05) is 13.1 Å². The number of nitrogens with one attached hydrogen (secondary N) is 1. The van der Waals surface area contributed by atoms with Gasteiger partial charge >= 0.3 is 0 Å². The number of likely N-dealkylation sites (tertiary alicyclic amines) is 1. The predicted molar refractivity (Wildman–Crippen MR) is 142 cm³/mol. The molecule has 0 saturated carbocycles. The van der Waals surface area contributed by atoms with Gasteiger partial charge in [-0.3, -0.25) is 9.59 Å². The van der Waals surface area contributed by atoms with Crippen LogP contribution in [0, 0.1) is 0 Å². The lowest BCUT2D eigenvalue weighted by Crippen LogP contribution is -2.53. The molecule has 1 aliphatic heterocycles. The van der Waals surface area contributed by atoms with E-state index in [1.165, 1.54) is 0 Å². The predicted octanol–water partition coefficient (Wildman–Crippen LogP) is 5.53. The third-order valence-electron chi connectivity index (χ3n) is 7.33. The van der Waals surface area contributed by atoms with Crippen LogP contribution in [0.1, 0.15) is 47.3 Å². The summed E-state index contributed by atoms with van der Waals surface area (Å²) >= 11 is 0. The molecule has 1 atom stereocenters. The monoisotopic (exact) mass is 477 g/mol. The van der Waals surface area contributed by atoms with Crippen molar-refractivity contribution in [2.24, 2.45) is 0 Å². The second kappa shape index (κ2) is 10.2. The van der Waals surface area contributed by atoms with E-state index in [0.717, 1.165) is 16.8 Å². The van der Waals surface area contributed by atoms with Gasteiger partial charge in [0.05, 0.1) is 11.5 Å². The minimum absolute atomic E-state index is 0.00813. The van der Waals surface area contributed by atoms with E-state index in [0.29, 0.717) is 31.5 Å². The quantitative estimate of drug-likeness (QED) is 0.397. The molecule has 36 heavy (non-hydrogen) atoms. The van der Waals surface area contributed by atoms with Crippen LogP contribution in [0.5, 0.6) is 0 Å². The van der Waals surface area contributed by atoms with E-state index in [1.54, 1.807) is 0 Å². The fourth-order valence-electron chi connectivity index (χ4n) is 5.12. The lowest BCUT2D eigenvalue weighted by Gasteiger charge is -2.41. The normalized spacial score (nSPS) is 15.8. The Morgan fingerprint density at radius 3 is 1.97 bits per heavy atom. The van der Waals surface area contributed by atoms with Crippen molar-refractivity contribution in [3.8, 4) is 5.69 Å². The highest BCUT2D eigenvalue weighted by molar-refractivity contribution is 5.95. The zero-order valence-electron chi connectivity index (χ0n) is 20.5. The zero-order chi connectivity index (χ0) is 25.0. The maximum Gasteiger partial charge on any atom is 0.253 e. The molecule has 1 saturated heterocycles. The first-order valence-corrected chi connectivity index (χ1v) is 12.5. The third-order valence-corrected chi connectivity index (χ3v) is 7.33. The standard InChI is InChI=1S/C31H31N3O2/c1-24(25-10-4-2-5-11-25)32-30(36)31(27-12-6-3-7-13-27)18-22-34(23-19-31)29(35)26-14-16-28(17-15-26)33-20-8-9-21-33/h2-17,20-21,24H,18-19,22-23H2,1H3,(H,32,36)/t24-/m0/s1. The van der Waals surface area contributed by atoms with Gasteiger partial charge in [0.1, 0.15) is 0 Å². The number of carbonyl (C=O) groups is 2. The van der Waals surface area contributed by atoms with Crippen molar-refractivity contribution in [3.05, 3.63) is 126 Å². The van der Waals surface area contributed by atoms with Gasteiger partial charge in [0, 0.05) is 36.7 Å². The number of piperidine rings is 1. The number of aromatic nitrogens is 1. The molecule has 182 valence electrons. The van der Waals surface area contributed by atoms with E-state index in [2.05, 4.69) is 5.32 Å². The van der Waals surface area contributed by atoms with Gasteiger partial charge < -0.3 is 14.8 Å². The third kappa shape index (κ3) is 4.69. The molecule has 1 aliphatic rings. The summed E-state index contributed by atoms with van der Waals surface area (Å²) in [6.07, 6.45) is 5.12. The number of nitrogens with zero attached hydrogens (tertiary/aromatic N) is 2.